The molecule has 2 fully saturated rings. The van der Waals surface area contributed by atoms with Crippen LogP contribution in [0.2, 0.25) is 0 Å². The van der Waals surface area contributed by atoms with E-state index in [2.05, 4.69) is 60.7 Å². The first-order valence-corrected chi connectivity index (χ1v) is 15.3. The maximum absolute atomic E-state index is 11.9. The highest BCUT2D eigenvalue weighted by atomic mass is 16.6. The Balaban J connectivity index is 1.23. The molecule has 2 aromatic rings. The van der Waals surface area contributed by atoms with Crippen molar-refractivity contribution in [3.8, 4) is 0 Å². The maximum atomic E-state index is 11.9. The molecule has 40 heavy (non-hydrogen) atoms. The van der Waals surface area contributed by atoms with Gasteiger partial charge in [0, 0.05) is 12.8 Å². The van der Waals surface area contributed by atoms with Crippen molar-refractivity contribution in [3.05, 3.63) is 71.8 Å². The minimum atomic E-state index is -0.105. The molecule has 4 rings (SSSR count). The van der Waals surface area contributed by atoms with Crippen LogP contribution in [0.3, 0.4) is 0 Å². The zero-order valence-electron chi connectivity index (χ0n) is 23.8. The molecule has 6 heteroatoms. The Hall–Kier alpha value is -2.70. The molecule has 0 aromatic heterocycles. The monoisotopic (exact) mass is 550 g/mol. The van der Waals surface area contributed by atoms with E-state index < -0.39 is 0 Å². The third kappa shape index (κ3) is 11.8. The number of epoxide rings is 2. The zero-order chi connectivity index (χ0) is 27.8. The molecule has 4 unspecified atom stereocenters. The average Bonchev–Trinajstić information content (AvgIpc) is 3.91. The van der Waals surface area contributed by atoms with Gasteiger partial charge in [-0.05, 0) is 48.6 Å². The van der Waals surface area contributed by atoms with E-state index in [-0.39, 0.29) is 24.1 Å². The van der Waals surface area contributed by atoms with Gasteiger partial charge in [0.1, 0.15) is 25.4 Å². The van der Waals surface area contributed by atoms with Crippen molar-refractivity contribution in [2.45, 2.75) is 101 Å². The fourth-order valence-electron chi connectivity index (χ4n) is 5.42. The van der Waals surface area contributed by atoms with Crippen LogP contribution < -0.4 is 0 Å². The second-order valence-electron chi connectivity index (χ2n) is 11.2. The Morgan fingerprint density at radius 3 is 1.35 bits per heavy atom. The van der Waals surface area contributed by atoms with Crippen molar-refractivity contribution >= 4 is 11.9 Å². The van der Waals surface area contributed by atoms with E-state index in [1.807, 2.05) is 0 Å². The summed E-state index contributed by atoms with van der Waals surface area (Å²) in [4.78, 5) is 23.8. The van der Waals surface area contributed by atoms with Gasteiger partial charge >= 0.3 is 11.9 Å². The summed E-state index contributed by atoms with van der Waals surface area (Å²) in [5, 5.41) is 0. The number of carbonyl (C=O) groups excluding carboxylic acids is 2. The summed E-state index contributed by atoms with van der Waals surface area (Å²) in [6.45, 7) is 2.24. The van der Waals surface area contributed by atoms with E-state index in [0.717, 1.165) is 64.2 Å². The standard InChI is InChI=1S/C34H46O6/c35-33(39-25-29-23-37-29)21-13-3-1-11-19-31(27-15-7-5-8-16-27)32(28-17-9-6-10-18-28)20-12-2-4-14-22-34(36)40-26-30-24-38-30/h5-10,15-18,29-32H,1-4,11-14,19-26H2. The van der Waals surface area contributed by atoms with Crippen molar-refractivity contribution in [3.63, 3.8) is 0 Å². The van der Waals surface area contributed by atoms with Crippen LogP contribution in [0.15, 0.2) is 60.7 Å². The lowest BCUT2D eigenvalue weighted by Crippen LogP contribution is -2.12. The number of unbranched alkanes of at least 4 members (excludes halogenated alkanes) is 6. The highest BCUT2D eigenvalue weighted by Gasteiger charge is 2.26. The van der Waals surface area contributed by atoms with E-state index in [4.69, 9.17) is 18.9 Å². The molecule has 2 heterocycles. The van der Waals surface area contributed by atoms with Gasteiger partial charge in [0.05, 0.1) is 13.2 Å². The molecule has 0 amide bonds. The minimum absolute atomic E-state index is 0.105. The lowest BCUT2D eigenvalue weighted by molar-refractivity contribution is -0.145. The Bertz CT molecular complexity index is 905. The summed E-state index contributed by atoms with van der Waals surface area (Å²) < 4.78 is 20.7. The Morgan fingerprint density at radius 2 is 0.975 bits per heavy atom. The summed E-state index contributed by atoms with van der Waals surface area (Å²) in [6.07, 6.45) is 11.9. The van der Waals surface area contributed by atoms with Crippen LogP contribution in [-0.2, 0) is 28.5 Å². The Morgan fingerprint density at radius 1 is 0.600 bits per heavy atom. The van der Waals surface area contributed by atoms with E-state index in [0.29, 0.717) is 51.1 Å². The molecule has 0 aliphatic carbocycles. The quantitative estimate of drug-likeness (QED) is 0.0936. The molecule has 2 aromatic carbocycles. The average molecular weight is 551 g/mol. The number of hydrogen-bond acceptors (Lipinski definition) is 6. The maximum Gasteiger partial charge on any atom is 0.305 e. The molecule has 0 bridgehead atoms. The smallest absolute Gasteiger partial charge is 0.305 e. The molecule has 0 N–H and O–H groups in total. The highest BCUT2D eigenvalue weighted by molar-refractivity contribution is 5.69. The third-order valence-electron chi connectivity index (χ3n) is 7.90. The summed E-state index contributed by atoms with van der Waals surface area (Å²) >= 11 is 0. The number of rotatable bonds is 21. The van der Waals surface area contributed by atoms with Gasteiger partial charge in [0.15, 0.2) is 0 Å². The van der Waals surface area contributed by atoms with Gasteiger partial charge < -0.3 is 18.9 Å². The van der Waals surface area contributed by atoms with Crippen LogP contribution in [0.1, 0.15) is 100 Å². The van der Waals surface area contributed by atoms with Gasteiger partial charge in [0.25, 0.3) is 0 Å². The van der Waals surface area contributed by atoms with Crippen LogP contribution in [0.4, 0.5) is 0 Å². The molecule has 6 nitrogen and oxygen atoms in total. The van der Waals surface area contributed by atoms with Crippen LogP contribution in [0.25, 0.3) is 0 Å². The minimum Gasteiger partial charge on any atom is -0.463 e. The van der Waals surface area contributed by atoms with Gasteiger partial charge in [-0.25, -0.2) is 0 Å². The number of benzene rings is 2. The summed E-state index contributed by atoms with van der Waals surface area (Å²) in [5.74, 6) is 0.691. The summed E-state index contributed by atoms with van der Waals surface area (Å²) in [7, 11) is 0. The van der Waals surface area contributed by atoms with Gasteiger partial charge in [-0.2, -0.15) is 0 Å². The fourth-order valence-corrected chi connectivity index (χ4v) is 5.42. The second kappa shape index (κ2) is 17.2. The molecule has 218 valence electrons. The molecule has 2 saturated heterocycles. The van der Waals surface area contributed by atoms with Gasteiger partial charge in [-0.3, -0.25) is 9.59 Å². The van der Waals surface area contributed by atoms with Crippen molar-refractivity contribution in [1.29, 1.82) is 0 Å². The highest BCUT2D eigenvalue weighted by Crippen LogP contribution is 2.40. The first-order chi connectivity index (χ1) is 19.7. The van der Waals surface area contributed by atoms with Crippen LogP contribution >= 0.6 is 0 Å². The number of esters is 2. The normalized spacial score (nSPS) is 19.0. The van der Waals surface area contributed by atoms with E-state index in [9.17, 15) is 9.59 Å². The second-order valence-corrected chi connectivity index (χ2v) is 11.2. The molecule has 0 saturated carbocycles. The van der Waals surface area contributed by atoms with Crippen LogP contribution in [-0.4, -0.2) is 50.6 Å². The van der Waals surface area contributed by atoms with Crippen molar-refractivity contribution in [2.24, 2.45) is 0 Å². The summed E-state index contributed by atoms with van der Waals surface area (Å²) in [6, 6.07) is 21.9. The number of carbonyl (C=O) groups is 2. The Labute approximate surface area is 239 Å². The predicted molar refractivity (Wildman–Crippen MR) is 155 cm³/mol. The lowest BCUT2D eigenvalue weighted by Gasteiger charge is -2.29. The van der Waals surface area contributed by atoms with Gasteiger partial charge in [-0.15, -0.1) is 0 Å². The van der Waals surface area contributed by atoms with Crippen molar-refractivity contribution < 1.29 is 28.5 Å². The first kappa shape index (κ1) is 30.3. The molecule has 4 atom stereocenters. The van der Waals surface area contributed by atoms with Crippen molar-refractivity contribution in [2.75, 3.05) is 26.4 Å². The van der Waals surface area contributed by atoms with Crippen molar-refractivity contribution in [1.82, 2.24) is 0 Å². The number of ether oxygens (including phenoxy) is 4. The van der Waals surface area contributed by atoms with E-state index in [1.165, 1.54) is 11.1 Å². The van der Waals surface area contributed by atoms with Gasteiger partial charge in [-0.1, -0.05) is 99.2 Å². The first-order valence-electron chi connectivity index (χ1n) is 15.3. The topological polar surface area (TPSA) is 77.7 Å². The van der Waals surface area contributed by atoms with E-state index >= 15 is 0 Å². The molecule has 2 aliphatic rings. The molecule has 0 spiro atoms. The molecular weight excluding hydrogens is 504 g/mol. The fraction of sp³-hybridized carbons (Fsp3) is 0.588. The molecular formula is C34H46O6. The SMILES string of the molecule is O=C(CCCCCCC(c1ccccc1)C(CCCCCCC(=O)OCC1CO1)c1ccccc1)OCC1CO1. The lowest BCUT2D eigenvalue weighted by atomic mass is 9.76. The third-order valence-corrected chi connectivity index (χ3v) is 7.90. The van der Waals surface area contributed by atoms with E-state index in [1.54, 1.807) is 0 Å². The number of hydrogen-bond donors (Lipinski definition) is 0. The largest absolute Gasteiger partial charge is 0.463 e. The predicted octanol–water partition coefficient (Wildman–Crippen LogP) is 7.12. The molecule has 2 aliphatic heterocycles. The molecule has 0 radical (unpaired) electrons. The summed E-state index contributed by atoms with van der Waals surface area (Å²) in [5.41, 5.74) is 2.81. The Kier molecular flexibility index (Phi) is 13.0. The van der Waals surface area contributed by atoms with Crippen LogP contribution in [0.5, 0.6) is 0 Å². The zero-order valence-corrected chi connectivity index (χ0v) is 23.8. The van der Waals surface area contributed by atoms with Gasteiger partial charge in [0.2, 0.25) is 0 Å². The van der Waals surface area contributed by atoms with Crippen LogP contribution in [0, 0.1) is 0 Å².